The maximum Gasteiger partial charge on any atom is 0.0961 e. The summed E-state index contributed by atoms with van der Waals surface area (Å²) >= 11 is 1.57. The third-order valence-electron chi connectivity index (χ3n) is 2.09. The molecule has 84 valence electrons. The van der Waals surface area contributed by atoms with Gasteiger partial charge in [-0.05, 0) is 26.0 Å². The van der Waals surface area contributed by atoms with Crippen LogP contribution in [0.25, 0.3) is 11.3 Å². The van der Waals surface area contributed by atoms with Gasteiger partial charge in [0.15, 0.2) is 0 Å². The third kappa shape index (κ3) is 2.87. The second-order valence-corrected chi connectivity index (χ2v) is 5.30. The Morgan fingerprint density at radius 2 is 2.25 bits per heavy atom. The lowest BCUT2D eigenvalue weighted by Crippen LogP contribution is -2.21. The number of hydrogen-bond donors (Lipinski definition) is 1. The number of thiazole rings is 1. The highest BCUT2D eigenvalue weighted by molar-refractivity contribution is 7.09. The molecule has 0 aliphatic heterocycles. The van der Waals surface area contributed by atoms with Crippen LogP contribution in [0, 0.1) is 0 Å². The molecule has 2 heterocycles. The van der Waals surface area contributed by atoms with E-state index in [2.05, 4.69) is 9.97 Å². The maximum absolute atomic E-state index is 9.71. The molecular formula is C12H14N2OS. The number of aliphatic hydroxyl groups is 1. The lowest BCUT2D eigenvalue weighted by atomic mass is 10.1. The first-order chi connectivity index (χ1) is 7.54. The van der Waals surface area contributed by atoms with Crippen molar-refractivity contribution in [2.45, 2.75) is 25.9 Å². The highest BCUT2D eigenvalue weighted by Gasteiger charge is 2.16. The van der Waals surface area contributed by atoms with Gasteiger partial charge in [0.1, 0.15) is 0 Å². The lowest BCUT2D eigenvalue weighted by Gasteiger charge is -2.14. The van der Waals surface area contributed by atoms with E-state index in [-0.39, 0.29) is 0 Å². The fourth-order valence-electron chi connectivity index (χ4n) is 1.41. The van der Waals surface area contributed by atoms with Gasteiger partial charge in [-0.15, -0.1) is 11.3 Å². The molecule has 0 fully saturated rings. The molecule has 0 aromatic carbocycles. The topological polar surface area (TPSA) is 46.0 Å². The number of rotatable bonds is 3. The van der Waals surface area contributed by atoms with E-state index >= 15 is 0 Å². The Labute approximate surface area is 98.8 Å². The average molecular weight is 234 g/mol. The number of pyridine rings is 1. The first-order valence-corrected chi connectivity index (χ1v) is 6.00. The van der Waals surface area contributed by atoms with Crippen molar-refractivity contribution in [3.8, 4) is 11.3 Å². The van der Waals surface area contributed by atoms with E-state index in [1.165, 1.54) is 0 Å². The SMILES string of the molecule is CC(C)(O)Cc1nc(-c2cccnc2)cs1. The third-order valence-corrected chi connectivity index (χ3v) is 2.94. The van der Waals surface area contributed by atoms with Crippen LogP contribution in [-0.2, 0) is 6.42 Å². The van der Waals surface area contributed by atoms with Crippen molar-refractivity contribution >= 4 is 11.3 Å². The quantitative estimate of drug-likeness (QED) is 0.887. The van der Waals surface area contributed by atoms with Gasteiger partial charge in [0, 0.05) is 29.8 Å². The van der Waals surface area contributed by atoms with Gasteiger partial charge in [0.25, 0.3) is 0 Å². The summed E-state index contributed by atoms with van der Waals surface area (Å²) in [4.78, 5) is 8.54. The zero-order chi connectivity index (χ0) is 11.6. The molecule has 0 spiro atoms. The summed E-state index contributed by atoms with van der Waals surface area (Å²) in [7, 11) is 0. The van der Waals surface area contributed by atoms with Gasteiger partial charge in [-0.2, -0.15) is 0 Å². The highest BCUT2D eigenvalue weighted by atomic mass is 32.1. The first kappa shape index (κ1) is 11.2. The number of nitrogens with zero attached hydrogens (tertiary/aromatic N) is 2. The van der Waals surface area contributed by atoms with Crippen molar-refractivity contribution in [3.05, 3.63) is 34.9 Å². The summed E-state index contributed by atoms with van der Waals surface area (Å²) in [6.07, 6.45) is 4.12. The smallest absolute Gasteiger partial charge is 0.0961 e. The molecule has 0 atom stereocenters. The van der Waals surface area contributed by atoms with Crippen LogP contribution in [0.3, 0.4) is 0 Å². The van der Waals surface area contributed by atoms with Crippen LogP contribution in [0.2, 0.25) is 0 Å². The normalized spacial score (nSPS) is 11.7. The summed E-state index contributed by atoms with van der Waals surface area (Å²) in [5.41, 5.74) is 1.24. The largest absolute Gasteiger partial charge is 0.390 e. The Morgan fingerprint density at radius 3 is 2.88 bits per heavy atom. The summed E-state index contributed by atoms with van der Waals surface area (Å²) in [5.74, 6) is 0. The molecule has 0 saturated carbocycles. The molecule has 0 saturated heterocycles. The fourth-order valence-corrected chi connectivity index (χ4v) is 2.43. The molecular weight excluding hydrogens is 220 g/mol. The predicted octanol–water partition coefficient (Wildman–Crippen LogP) is 2.52. The van der Waals surface area contributed by atoms with Crippen molar-refractivity contribution in [1.29, 1.82) is 0 Å². The number of hydrogen-bond acceptors (Lipinski definition) is 4. The van der Waals surface area contributed by atoms with Crippen molar-refractivity contribution in [2.24, 2.45) is 0 Å². The molecule has 2 aromatic rings. The summed E-state index contributed by atoms with van der Waals surface area (Å²) in [6.45, 7) is 3.58. The van der Waals surface area contributed by atoms with Gasteiger partial charge in [0.05, 0.1) is 16.3 Å². The molecule has 2 rings (SSSR count). The Morgan fingerprint density at radius 1 is 1.44 bits per heavy atom. The van der Waals surface area contributed by atoms with E-state index in [4.69, 9.17) is 0 Å². The molecule has 2 aromatic heterocycles. The summed E-state index contributed by atoms with van der Waals surface area (Å²) in [5, 5.41) is 12.7. The van der Waals surface area contributed by atoms with Crippen LogP contribution in [0.5, 0.6) is 0 Å². The van der Waals surface area contributed by atoms with Crippen LogP contribution in [-0.4, -0.2) is 20.7 Å². The Kier molecular flexibility index (Phi) is 3.03. The standard InChI is InChI=1S/C12H14N2OS/c1-12(2,15)6-11-14-10(8-16-11)9-4-3-5-13-7-9/h3-5,7-8,15H,6H2,1-2H3. The van der Waals surface area contributed by atoms with Crippen molar-refractivity contribution < 1.29 is 5.11 Å². The van der Waals surface area contributed by atoms with E-state index in [1.54, 1.807) is 37.6 Å². The first-order valence-electron chi connectivity index (χ1n) is 5.12. The number of aromatic nitrogens is 2. The second-order valence-electron chi connectivity index (χ2n) is 4.36. The molecule has 0 bridgehead atoms. The van der Waals surface area contributed by atoms with Gasteiger partial charge < -0.3 is 5.11 Å². The molecule has 0 aliphatic carbocycles. The minimum atomic E-state index is -0.704. The molecule has 1 N–H and O–H groups in total. The minimum Gasteiger partial charge on any atom is -0.390 e. The zero-order valence-electron chi connectivity index (χ0n) is 9.34. The van der Waals surface area contributed by atoms with Crippen LogP contribution < -0.4 is 0 Å². The van der Waals surface area contributed by atoms with Crippen molar-refractivity contribution in [3.63, 3.8) is 0 Å². The summed E-state index contributed by atoms with van der Waals surface area (Å²) < 4.78 is 0. The average Bonchev–Trinajstić information content (AvgIpc) is 2.65. The maximum atomic E-state index is 9.71. The van der Waals surface area contributed by atoms with Gasteiger partial charge in [-0.1, -0.05) is 0 Å². The van der Waals surface area contributed by atoms with Gasteiger partial charge >= 0.3 is 0 Å². The highest BCUT2D eigenvalue weighted by Crippen LogP contribution is 2.23. The van der Waals surface area contributed by atoms with Crippen LogP contribution in [0.1, 0.15) is 18.9 Å². The van der Waals surface area contributed by atoms with Gasteiger partial charge in [0.2, 0.25) is 0 Å². The monoisotopic (exact) mass is 234 g/mol. The van der Waals surface area contributed by atoms with Gasteiger partial charge in [-0.3, -0.25) is 4.98 Å². The Hall–Kier alpha value is -1.26. The molecule has 3 nitrogen and oxygen atoms in total. The Balaban J connectivity index is 2.21. The van der Waals surface area contributed by atoms with Crippen LogP contribution in [0.4, 0.5) is 0 Å². The van der Waals surface area contributed by atoms with Crippen LogP contribution in [0.15, 0.2) is 29.9 Å². The van der Waals surface area contributed by atoms with Gasteiger partial charge in [-0.25, -0.2) is 4.98 Å². The minimum absolute atomic E-state index is 0.581. The van der Waals surface area contributed by atoms with E-state index in [1.807, 2.05) is 17.5 Å². The molecule has 0 unspecified atom stereocenters. The molecule has 0 aliphatic rings. The van der Waals surface area contributed by atoms with E-state index < -0.39 is 5.60 Å². The molecule has 0 radical (unpaired) electrons. The predicted molar refractivity (Wildman–Crippen MR) is 65.3 cm³/mol. The fraction of sp³-hybridized carbons (Fsp3) is 0.333. The molecule has 16 heavy (non-hydrogen) atoms. The van der Waals surface area contributed by atoms with Crippen molar-refractivity contribution in [2.75, 3.05) is 0 Å². The molecule has 4 heteroatoms. The van der Waals surface area contributed by atoms with E-state index in [0.717, 1.165) is 16.3 Å². The Bertz CT molecular complexity index is 459. The molecule has 0 amide bonds. The zero-order valence-corrected chi connectivity index (χ0v) is 10.2. The second kappa shape index (κ2) is 4.31. The van der Waals surface area contributed by atoms with Crippen LogP contribution >= 0.6 is 11.3 Å². The van der Waals surface area contributed by atoms with E-state index in [0.29, 0.717) is 6.42 Å². The van der Waals surface area contributed by atoms with E-state index in [9.17, 15) is 5.11 Å². The lowest BCUT2D eigenvalue weighted by molar-refractivity contribution is 0.0809. The van der Waals surface area contributed by atoms with Crippen molar-refractivity contribution in [1.82, 2.24) is 9.97 Å². The summed E-state index contributed by atoms with van der Waals surface area (Å²) in [6, 6.07) is 3.88.